The van der Waals surface area contributed by atoms with E-state index in [9.17, 15) is 16.8 Å². The molecule has 0 aromatic heterocycles. The summed E-state index contributed by atoms with van der Waals surface area (Å²) < 4.78 is 54.6. The van der Waals surface area contributed by atoms with E-state index < -0.39 is 20.0 Å². The van der Waals surface area contributed by atoms with Gasteiger partial charge in [-0.1, -0.05) is 6.07 Å². The molecule has 0 atom stereocenters. The monoisotopic (exact) mass is 392 g/mol. The second-order valence-corrected chi connectivity index (χ2v) is 10.2. The van der Waals surface area contributed by atoms with Crippen molar-refractivity contribution in [3.05, 3.63) is 53.6 Å². The summed E-state index contributed by atoms with van der Waals surface area (Å²) in [4.78, 5) is 0.357. The van der Waals surface area contributed by atoms with Crippen molar-refractivity contribution in [2.75, 3.05) is 4.72 Å². The lowest BCUT2D eigenvalue weighted by Gasteiger charge is -2.11. The van der Waals surface area contributed by atoms with Gasteiger partial charge in [0.2, 0.25) is 10.0 Å². The Morgan fingerprint density at radius 1 is 0.769 bits per heavy atom. The maximum atomic E-state index is 12.6. The summed E-state index contributed by atoms with van der Waals surface area (Å²) in [6, 6.07) is 11.0. The van der Waals surface area contributed by atoms with E-state index in [0.29, 0.717) is 5.69 Å². The molecule has 8 heteroatoms. The van der Waals surface area contributed by atoms with Crippen molar-refractivity contribution in [3.63, 3.8) is 0 Å². The number of sulfonamides is 2. The number of hydrogen-bond donors (Lipinski definition) is 2. The Morgan fingerprint density at radius 3 is 2.12 bits per heavy atom. The highest BCUT2D eigenvalue weighted by Gasteiger charge is 2.28. The molecule has 4 rings (SSSR count). The third-order valence-corrected chi connectivity index (χ3v) is 7.61. The van der Waals surface area contributed by atoms with E-state index in [2.05, 4.69) is 9.44 Å². The fourth-order valence-electron chi connectivity index (χ4n) is 3.12. The number of nitrogens with one attached hydrogen (secondary N) is 2. The number of aryl methyl sites for hydroxylation is 2. The van der Waals surface area contributed by atoms with Crippen molar-refractivity contribution in [1.82, 2.24) is 4.72 Å². The summed E-state index contributed by atoms with van der Waals surface area (Å²) in [6.45, 7) is 0. The average molecular weight is 393 g/mol. The molecule has 26 heavy (non-hydrogen) atoms. The molecular formula is C18H20N2O4S2. The fraction of sp³-hybridized carbons (Fsp3) is 0.333. The van der Waals surface area contributed by atoms with Crippen LogP contribution in [0.15, 0.2) is 52.3 Å². The van der Waals surface area contributed by atoms with E-state index in [1.54, 1.807) is 12.1 Å². The van der Waals surface area contributed by atoms with E-state index in [-0.39, 0.29) is 15.8 Å². The first-order chi connectivity index (χ1) is 12.3. The molecule has 0 spiro atoms. The molecule has 2 aliphatic carbocycles. The van der Waals surface area contributed by atoms with Gasteiger partial charge in [0.15, 0.2) is 0 Å². The molecule has 0 radical (unpaired) electrons. The molecule has 0 unspecified atom stereocenters. The Bertz CT molecular complexity index is 1040. The third kappa shape index (κ3) is 3.62. The lowest BCUT2D eigenvalue weighted by molar-refractivity contribution is 0.581. The van der Waals surface area contributed by atoms with E-state index in [0.717, 1.165) is 37.7 Å². The van der Waals surface area contributed by atoms with Crippen LogP contribution in [0.4, 0.5) is 5.69 Å². The number of hydrogen-bond acceptors (Lipinski definition) is 4. The minimum absolute atomic E-state index is 0.0259. The Morgan fingerprint density at radius 2 is 1.42 bits per heavy atom. The first-order valence-corrected chi connectivity index (χ1v) is 11.6. The maximum Gasteiger partial charge on any atom is 0.261 e. The molecule has 2 N–H and O–H groups in total. The van der Waals surface area contributed by atoms with Crippen LogP contribution in [0.3, 0.4) is 0 Å². The van der Waals surface area contributed by atoms with Gasteiger partial charge in [-0.25, -0.2) is 21.6 Å². The highest BCUT2D eigenvalue weighted by Crippen LogP contribution is 2.26. The van der Waals surface area contributed by atoms with Crippen molar-refractivity contribution >= 4 is 25.7 Å². The molecular weight excluding hydrogens is 372 g/mol. The van der Waals surface area contributed by atoms with Crippen LogP contribution in [-0.4, -0.2) is 22.9 Å². The van der Waals surface area contributed by atoms with Crippen molar-refractivity contribution in [1.29, 1.82) is 0 Å². The lowest BCUT2D eigenvalue weighted by atomic mass is 10.1. The van der Waals surface area contributed by atoms with Crippen LogP contribution in [-0.2, 0) is 32.9 Å². The number of benzene rings is 2. The molecule has 0 amide bonds. The Kier molecular flexibility index (Phi) is 4.29. The zero-order valence-electron chi connectivity index (χ0n) is 14.1. The second-order valence-electron chi connectivity index (χ2n) is 6.81. The Labute approximate surface area is 153 Å². The quantitative estimate of drug-likeness (QED) is 0.790. The first-order valence-electron chi connectivity index (χ1n) is 8.60. The van der Waals surface area contributed by atoms with Crippen molar-refractivity contribution < 1.29 is 16.8 Å². The summed E-state index contributed by atoms with van der Waals surface area (Å²) in [7, 11) is -7.25. The number of fused-ring (bicyclic) bond motifs is 1. The van der Waals surface area contributed by atoms with E-state index in [4.69, 9.17) is 0 Å². The topological polar surface area (TPSA) is 92.3 Å². The van der Waals surface area contributed by atoms with Gasteiger partial charge in [-0.3, -0.25) is 4.72 Å². The van der Waals surface area contributed by atoms with Crippen molar-refractivity contribution in [2.45, 2.75) is 47.9 Å². The predicted molar refractivity (Wildman–Crippen MR) is 99.1 cm³/mol. The standard InChI is InChI=1S/C18H20N2O4S2/c21-25(22,19-15-5-6-15)17-10-7-16(8-11-17)20-26(23,24)18-9-4-13-2-1-3-14(13)12-18/h4,7-12,15,19-20H,1-3,5-6H2. The maximum absolute atomic E-state index is 12.6. The van der Waals surface area contributed by atoms with Crippen molar-refractivity contribution in [3.8, 4) is 0 Å². The van der Waals surface area contributed by atoms with Gasteiger partial charge in [0.1, 0.15) is 0 Å². The number of anilines is 1. The summed E-state index contributed by atoms with van der Waals surface area (Å²) in [6.07, 6.45) is 4.67. The molecule has 0 bridgehead atoms. The summed E-state index contributed by atoms with van der Waals surface area (Å²) in [5.41, 5.74) is 2.62. The van der Waals surface area contributed by atoms with Crippen LogP contribution < -0.4 is 9.44 Å². The van der Waals surface area contributed by atoms with E-state index in [1.165, 1.54) is 29.8 Å². The second kappa shape index (κ2) is 6.37. The Balaban J connectivity index is 1.53. The summed E-state index contributed by atoms with van der Waals surface area (Å²) >= 11 is 0. The molecule has 1 saturated carbocycles. The minimum Gasteiger partial charge on any atom is -0.280 e. The summed E-state index contributed by atoms with van der Waals surface area (Å²) in [5.74, 6) is 0. The van der Waals surface area contributed by atoms with Crippen LogP contribution >= 0.6 is 0 Å². The molecule has 6 nitrogen and oxygen atoms in total. The van der Waals surface area contributed by atoms with E-state index in [1.807, 2.05) is 6.07 Å². The molecule has 2 aromatic rings. The fourth-order valence-corrected chi connectivity index (χ4v) is 5.53. The molecule has 2 aromatic carbocycles. The predicted octanol–water partition coefficient (Wildman–Crippen LogP) is 2.42. The van der Waals surface area contributed by atoms with Gasteiger partial charge >= 0.3 is 0 Å². The molecule has 0 heterocycles. The smallest absolute Gasteiger partial charge is 0.261 e. The zero-order chi connectivity index (χ0) is 18.4. The van der Waals surface area contributed by atoms with Crippen LogP contribution in [0.5, 0.6) is 0 Å². The van der Waals surface area contributed by atoms with E-state index >= 15 is 0 Å². The van der Waals surface area contributed by atoms with Gasteiger partial charge in [-0.2, -0.15) is 0 Å². The summed E-state index contributed by atoms with van der Waals surface area (Å²) in [5, 5.41) is 0. The minimum atomic E-state index is -3.71. The van der Waals surface area contributed by atoms with Gasteiger partial charge in [0.05, 0.1) is 9.79 Å². The third-order valence-electron chi connectivity index (χ3n) is 4.70. The highest BCUT2D eigenvalue weighted by molar-refractivity contribution is 7.92. The van der Waals surface area contributed by atoms with Gasteiger partial charge < -0.3 is 0 Å². The van der Waals surface area contributed by atoms with Gasteiger partial charge in [0.25, 0.3) is 10.0 Å². The normalized spacial score (nSPS) is 17.1. The molecule has 138 valence electrons. The average Bonchev–Trinajstić information content (AvgIpc) is 3.26. The molecule has 0 saturated heterocycles. The van der Waals surface area contributed by atoms with Gasteiger partial charge in [-0.05, 0) is 79.6 Å². The largest absolute Gasteiger partial charge is 0.280 e. The van der Waals surface area contributed by atoms with Gasteiger partial charge in [0, 0.05) is 11.7 Å². The molecule has 0 aliphatic heterocycles. The van der Waals surface area contributed by atoms with Crippen LogP contribution in [0.2, 0.25) is 0 Å². The van der Waals surface area contributed by atoms with Crippen molar-refractivity contribution in [2.24, 2.45) is 0 Å². The Hall–Kier alpha value is -1.90. The van der Waals surface area contributed by atoms with Crippen LogP contribution in [0.1, 0.15) is 30.4 Å². The molecule has 2 aliphatic rings. The lowest BCUT2D eigenvalue weighted by Crippen LogP contribution is -2.25. The van der Waals surface area contributed by atoms with Crippen LogP contribution in [0.25, 0.3) is 0 Å². The molecule has 1 fully saturated rings. The first kappa shape index (κ1) is 17.5. The highest BCUT2D eigenvalue weighted by atomic mass is 32.2. The van der Waals surface area contributed by atoms with Crippen LogP contribution in [0, 0.1) is 0 Å². The zero-order valence-corrected chi connectivity index (χ0v) is 15.7. The SMILES string of the molecule is O=S(=O)(Nc1ccc(S(=O)(=O)NC2CC2)cc1)c1ccc2c(c1)CCC2. The number of rotatable bonds is 6. The van der Waals surface area contributed by atoms with Gasteiger partial charge in [-0.15, -0.1) is 0 Å².